The first-order chi connectivity index (χ1) is 12.1. The number of aromatic nitrogens is 4. The van der Waals surface area contributed by atoms with Crippen LogP contribution in [0.4, 0.5) is 0 Å². The molecule has 0 spiro atoms. The van der Waals surface area contributed by atoms with Crippen LogP contribution in [0.3, 0.4) is 0 Å². The predicted molar refractivity (Wildman–Crippen MR) is 106 cm³/mol. The molecule has 0 aliphatic heterocycles. The number of nitrogens with zero attached hydrogens (tertiary/aromatic N) is 1. The summed E-state index contributed by atoms with van der Waals surface area (Å²) in [5.41, 5.74) is 0.837. The van der Waals surface area contributed by atoms with Crippen LogP contribution in [0.1, 0.15) is 32.2 Å². The Morgan fingerprint density at radius 3 is 2.38 bits per heavy atom. The summed E-state index contributed by atoms with van der Waals surface area (Å²) in [6.07, 6.45) is 7.64. The van der Waals surface area contributed by atoms with E-state index in [0.29, 0.717) is 11.3 Å². The quantitative estimate of drug-likeness (QED) is 0.711. The van der Waals surface area contributed by atoms with Gasteiger partial charge in [0.05, 0.1) is 12.0 Å². The second-order valence-electron chi connectivity index (χ2n) is 6.70. The summed E-state index contributed by atoms with van der Waals surface area (Å²) < 4.78 is 0. The number of hydrogen-bond donors (Lipinski definition) is 3. The zero-order chi connectivity index (χ0) is 19.5. The Morgan fingerprint density at radius 1 is 1.19 bits per heavy atom. The molecule has 0 aliphatic rings. The minimum Gasteiger partial charge on any atom is -0.348 e. The maximum absolute atomic E-state index is 12.4. The van der Waals surface area contributed by atoms with Crippen molar-refractivity contribution in [3.05, 3.63) is 85.0 Å². The van der Waals surface area contributed by atoms with E-state index in [2.05, 4.69) is 33.1 Å². The van der Waals surface area contributed by atoms with Crippen molar-refractivity contribution >= 4 is 23.8 Å². The highest BCUT2D eigenvalue weighted by Crippen LogP contribution is 2.22. The topological polar surface area (TPSA) is 94.4 Å². The summed E-state index contributed by atoms with van der Waals surface area (Å²) in [6.45, 7) is 13.3. The second-order valence-corrected chi connectivity index (χ2v) is 7.16. The lowest BCUT2D eigenvalue weighted by Gasteiger charge is -2.16. The molecule has 2 rings (SSSR count). The molecule has 0 aromatic carbocycles. The lowest BCUT2D eigenvalue weighted by molar-refractivity contribution is 0.571. The number of halogens is 1. The van der Waals surface area contributed by atoms with E-state index in [9.17, 15) is 9.59 Å². The summed E-state index contributed by atoms with van der Waals surface area (Å²) in [5.74, 6) is 0. The third-order valence-electron chi connectivity index (χ3n) is 3.60. The molecule has 0 bridgehead atoms. The third kappa shape index (κ3) is 4.40. The number of imidazole rings is 1. The van der Waals surface area contributed by atoms with E-state index in [1.165, 1.54) is 12.2 Å². The minimum absolute atomic E-state index is 0.0696. The molecule has 0 unspecified atom stereocenters. The highest BCUT2D eigenvalue weighted by molar-refractivity contribution is 6.32. The Balaban J connectivity index is 2.66. The van der Waals surface area contributed by atoms with Crippen molar-refractivity contribution in [2.45, 2.75) is 26.2 Å². The molecule has 0 atom stereocenters. The van der Waals surface area contributed by atoms with Gasteiger partial charge < -0.3 is 15.0 Å². The molecule has 0 saturated heterocycles. The lowest BCUT2D eigenvalue weighted by atomic mass is 9.90. The Bertz CT molecular complexity index is 1110. The van der Waals surface area contributed by atoms with Crippen LogP contribution < -0.4 is 21.8 Å². The van der Waals surface area contributed by atoms with Crippen LogP contribution in [0.2, 0.25) is 0 Å². The summed E-state index contributed by atoms with van der Waals surface area (Å²) in [6, 6.07) is 0. The molecule has 3 N–H and O–H groups in total. The van der Waals surface area contributed by atoms with Gasteiger partial charge in [-0.25, -0.2) is 4.98 Å². The van der Waals surface area contributed by atoms with E-state index >= 15 is 0 Å². The average molecular weight is 373 g/mol. The average Bonchev–Trinajstić information content (AvgIpc) is 2.99. The summed E-state index contributed by atoms with van der Waals surface area (Å²) in [7, 11) is 0. The third-order valence-corrected chi connectivity index (χ3v) is 3.81. The molecular weight excluding hydrogens is 352 g/mol. The Morgan fingerprint density at radius 2 is 1.81 bits per heavy atom. The molecule has 2 heterocycles. The first-order valence-electron chi connectivity index (χ1n) is 7.91. The van der Waals surface area contributed by atoms with Crippen LogP contribution in [0.5, 0.6) is 0 Å². The highest BCUT2D eigenvalue weighted by atomic mass is 35.5. The van der Waals surface area contributed by atoms with Crippen LogP contribution in [0.25, 0.3) is 12.2 Å². The van der Waals surface area contributed by atoms with E-state index in [1.54, 1.807) is 18.5 Å². The largest absolute Gasteiger partial charge is 0.348 e. The molecule has 6 nitrogen and oxygen atoms in total. The van der Waals surface area contributed by atoms with Gasteiger partial charge in [0.1, 0.15) is 10.7 Å². The van der Waals surface area contributed by atoms with E-state index in [4.69, 9.17) is 11.6 Å². The molecule has 136 valence electrons. The first kappa shape index (κ1) is 19.5. The lowest BCUT2D eigenvalue weighted by Crippen LogP contribution is -2.46. The number of rotatable bonds is 4. The fourth-order valence-electron chi connectivity index (χ4n) is 2.35. The molecule has 2 aromatic heterocycles. The smallest absolute Gasteiger partial charge is 0.272 e. The van der Waals surface area contributed by atoms with Gasteiger partial charge in [-0.2, -0.15) is 0 Å². The zero-order valence-electron chi connectivity index (χ0n) is 14.9. The minimum atomic E-state index is -0.462. The van der Waals surface area contributed by atoms with Crippen LogP contribution in [0.15, 0.2) is 51.8 Å². The van der Waals surface area contributed by atoms with E-state index < -0.39 is 11.1 Å². The molecule has 0 aliphatic carbocycles. The van der Waals surface area contributed by atoms with Crippen molar-refractivity contribution in [1.82, 2.24) is 19.9 Å². The van der Waals surface area contributed by atoms with Gasteiger partial charge in [0.25, 0.3) is 11.1 Å². The molecular formula is C19H21ClN4O2. The molecule has 0 saturated carbocycles. The van der Waals surface area contributed by atoms with Crippen molar-refractivity contribution in [3.63, 3.8) is 0 Å². The summed E-state index contributed by atoms with van der Waals surface area (Å²) in [4.78, 5) is 37.1. The Labute approximate surface area is 155 Å². The van der Waals surface area contributed by atoms with Gasteiger partial charge in [-0.05, 0) is 17.7 Å². The van der Waals surface area contributed by atoms with Crippen LogP contribution >= 0.6 is 11.6 Å². The molecule has 0 amide bonds. The van der Waals surface area contributed by atoms with Crippen molar-refractivity contribution in [2.75, 3.05) is 0 Å². The van der Waals surface area contributed by atoms with E-state index in [-0.39, 0.29) is 21.1 Å². The van der Waals surface area contributed by atoms with Crippen LogP contribution in [0, 0.1) is 0 Å². The van der Waals surface area contributed by atoms with Crippen molar-refractivity contribution in [2.24, 2.45) is 0 Å². The number of hydrogen-bond acceptors (Lipinski definition) is 3. The van der Waals surface area contributed by atoms with Crippen LogP contribution in [-0.4, -0.2) is 19.9 Å². The summed E-state index contributed by atoms with van der Waals surface area (Å²) >= 11 is 5.89. The fourth-order valence-corrected chi connectivity index (χ4v) is 2.46. The predicted octanol–water partition coefficient (Wildman–Crippen LogP) is 1.56. The molecule has 2 aromatic rings. The van der Waals surface area contributed by atoms with Gasteiger partial charge in [0, 0.05) is 16.1 Å². The number of H-pyrrole nitrogens is 3. The van der Waals surface area contributed by atoms with Crippen molar-refractivity contribution in [3.8, 4) is 0 Å². The van der Waals surface area contributed by atoms with Crippen molar-refractivity contribution < 1.29 is 0 Å². The fraction of sp³-hybridized carbons (Fsp3) is 0.211. The summed E-state index contributed by atoms with van der Waals surface area (Å²) in [5, 5.41) is 0.413. The standard InChI is InChI=1S/C19H21ClN4O2/c1-6-7-12(11(2)20)8-14-17(25)24-15(18(26)23-14)9-13-16(19(3,4)5)22-10-21-13/h6-10H,1-2H2,3-5H3,(H,21,22)(H,23,26)(H,24,25)/b12-7-,14-8-,15-9-. The van der Waals surface area contributed by atoms with Gasteiger partial charge >= 0.3 is 0 Å². The van der Waals surface area contributed by atoms with Gasteiger partial charge in [-0.3, -0.25) is 9.59 Å². The van der Waals surface area contributed by atoms with Crippen molar-refractivity contribution in [1.29, 1.82) is 0 Å². The normalized spacial score (nSPS) is 13.9. The molecule has 26 heavy (non-hydrogen) atoms. The molecule has 0 radical (unpaired) electrons. The van der Waals surface area contributed by atoms with Gasteiger partial charge in [-0.1, -0.05) is 57.7 Å². The maximum Gasteiger partial charge on any atom is 0.272 e. The number of aromatic amines is 3. The SMILES string of the molecule is C=C/C=C(/C=c1\[nH]c(=O)/c(=C/c2nc[nH]c2C(C)(C)C)[nH]c1=O)C(=C)Cl. The highest BCUT2D eigenvalue weighted by Gasteiger charge is 2.19. The molecule has 0 fully saturated rings. The molecule has 7 heteroatoms. The Hall–Kier alpha value is -2.86. The van der Waals surface area contributed by atoms with Gasteiger partial charge in [-0.15, -0.1) is 0 Å². The zero-order valence-corrected chi connectivity index (χ0v) is 15.7. The monoisotopic (exact) mass is 372 g/mol. The van der Waals surface area contributed by atoms with E-state index in [0.717, 1.165) is 5.69 Å². The maximum atomic E-state index is 12.4. The Kier molecular flexibility index (Phi) is 5.67. The number of nitrogens with one attached hydrogen (secondary N) is 3. The van der Waals surface area contributed by atoms with E-state index in [1.807, 2.05) is 20.8 Å². The van der Waals surface area contributed by atoms with Gasteiger partial charge in [0.15, 0.2) is 0 Å². The first-order valence-corrected chi connectivity index (χ1v) is 8.28. The second kappa shape index (κ2) is 7.58. The van der Waals surface area contributed by atoms with Gasteiger partial charge in [0.2, 0.25) is 0 Å². The number of allylic oxidation sites excluding steroid dienone is 4. The van der Waals surface area contributed by atoms with Crippen LogP contribution in [-0.2, 0) is 5.41 Å².